The van der Waals surface area contributed by atoms with Gasteiger partial charge in [0.2, 0.25) is 5.91 Å². The zero-order valence-corrected chi connectivity index (χ0v) is 11.9. The van der Waals surface area contributed by atoms with Crippen molar-refractivity contribution in [3.05, 3.63) is 34.3 Å². The quantitative estimate of drug-likeness (QED) is 0.828. The fourth-order valence-electron chi connectivity index (χ4n) is 3.63. The molecule has 1 aromatic carbocycles. The third kappa shape index (κ3) is 2.26. The van der Waals surface area contributed by atoms with Gasteiger partial charge in [0.25, 0.3) is 0 Å². The number of carbonyl (C=O) groups excluding carboxylic acids is 1. The van der Waals surface area contributed by atoms with Gasteiger partial charge in [-0.2, -0.15) is 0 Å². The van der Waals surface area contributed by atoms with Crippen LogP contribution in [0.2, 0.25) is 5.02 Å². The van der Waals surface area contributed by atoms with Crippen LogP contribution in [0, 0.1) is 5.41 Å². The zero-order valence-electron chi connectivity index (χ0n) is 11.1. The summed E-state index contributed by atoms with van der Waals surface area (Å²) in [6.45, 7) is 3.65. The highest BCUT2D eigenvalue weighted by atomic mass is 35.5. The molecule has 3 rings (SSSR count). The summed E-state index contributed by atoms with van der Waals surface area (Å²) in [7, 11) is 0. The minimum atomic E-state index is 0.0377. The van der Waals surface area contributed by atoms with Crippen molar-refractivity contribution in [3.63, 3.8) is 0 Å². The minimum absolute atomic E-state index is 0.0377. The van der Waals surface area contributed by atoms with Crippen LogP contribution in [0.25, 0.3) is 0 Å². The van der Waals surface area contributed by atoms with E-state index in [2.05, 4.69) is 16.7 Å². The van der Waals surface area contributed by atoms with E-state index < -0.39 is 0 Å². The Labute approximate surface area is 118 Å². The highest BCUT2D eigenvalue weighted by Crippen LogP contribution is 2.51. The Morgan fingerprint density at radius 3 is 2.84 bits per heavy atom. The summed E-state index contributed by atoms with van der Waals surface area (Å²) in [4.78, 5) is 11.6. The number of hydrogen-bond donors (Lipinski definition) is 2. The maximum Gasteiger partial charge on any atom is 0.217 e. The number of benzene rings is 1. The molecule has 1 spiro atoms. The average Bonchev–Trinajstić information content (AvgIpc) is 2.64. The Morgan fingerprint density at radius 1 is 1.42 bits per heavy atom. The van der Waals surface area contributed by atoms with Crippen LogP contribution in [0.15, 0.2) is 18.2 Å². The number of amides is 1. The van der Waals surface area contributed by atoms with Gasteiger partial charge in [-0.3, -0.25) is 4.79 Å². The molecule has 1 aliphatic heterocycles. The second kappa shape index (κ2) is 4.80. The first-order valence-corrected chi connectivity index (χ1v) is 7.25. The molecule has 1 heterocycles. The predicted octanol–water partition coefficient (Wildman–Crippen LogP) is 2.44. The van der Waals surface area contributed by atoms with E-state index in [4.69, 9.17) is 11.6 Å². The number of rotatable bonds is 1. The molecule has 4 heteroatoms. The Balaban J connectivity index is 2.01. The van der Waals surface area contributed by atoms with Crippen LogP contribution in [0.5, 0.6) is 0 Å². The van der Waals surface area contributed by atoms with Gasteiger partial charge < -0.3 is 10.6 Å². The number of fused-ring (bicyclic) bond motifs is 1. The van der Waals surface area contributed by atoms with E-state index in [0.717, 1.165) is 37.4 Å². The molecule has 2 N–H and O–H groups in total. The monoisotopic (exact) mass is 278 g/mol. The Kier molecular flexibility index (Phi) is 3.27. The fourth-order valence-corrected chi connectivity index (χ4v) is 3.81. The van der Waals surface area contributed by atoms with Gasteiger partial charge in [-0.05, 0) is 55.6 Å². The maximum atomic E-state index is 11.6. The second-order valence-electron chi connectivity index (χ2n) is 5.77. The molecule has 102 valence electrons. The number of piperidine rings is 1. The molecular weight excluding hydrogens is 260 g/mol. The molecular formula is C15H19ClN2O. The lowest BCUT2D eigenvalue weighted by Gasteiger charge is -2.39. The summed E-state index contributed by atoms with van der Waals surface area (Å²) in [5, 5.41) is 7.32. The average molecular weight is 279 g/mol. The molecule has 0 aromatic heterocycles. The SMILES string of the molecule is CC(=O)N[C@@H]1c2cc(Cl)ccc2CC12CCNCC2. The molecule has 1 amide bonds. The molecule has 1 fully saturated rings. The molecule has 2 aliphatic rings. The van der Waals surface area contributed by atoms with Crippen molar-refractivity contribution in [1.29, 1.82) is 0 Å². The summed E-state index contributed by atoms with van der Waals surface area (Å²) in [6, 6.07) is 6.20. The van der Waals surface area contributed by atoms with Crippen molar-refractivity contribution >= 4 is 17.5 Å². The topological polar surface area (TPSA) is 41.1 Å². The number of hydrogen-bond acceptors (Lipinski definition) is 2. The standard InChI is InChI=1S/C15H19ClN2O/c1-10(19)18-14-13-8-12(16)3-2-11(13)9-15(14)4-6-17-7-5-15/h2-3,8,14,17H,4-7,9H2,1H3,(H,18,19)/t14-/m1/s1. The second-order valence-corrected chi connectivity index (χ2v) is 6.20. The molecule has 0 unspecified atom stereocenters. The molecule has 19 heavy (non-hydrogen) atoms. The number of nitrogens with one attached hydrogen (secondary N) is 2. The number of carbonyl (C=O) groups is 1. The van der Waals surface area contributed by atoms with Gasteiger partial charge in [-0.25, -0.2) is 0 Å². The highest BCUT2D eigenvalue weighted by Gasteiger charge is 2.46. The van der Waals surface area contributed by atoms with Gasteiger partial charge >= 0.3 is 0 Å². The van der Waals surface area contributed by atoms with Gasteiger partial charge in [0.05, 0.1) is 6.04 Å². The van der Waals surface area contributed by atoms with Crippen LogP contribution in [0.1, 0.15) is 36.9 Å². The first kappa shape index (κ1) is 12.9. The van der Waals surface area contributed by atoms with Crippen LogP contribution in [-0.4, -0.2) is 19.0 Å². The van der Waals surface area contributed by atoms with Gasteiger partial charge in [-0.1, -0.05) is 17.7 Å². The molecule has 0 bridgehead atoms. The van der Waals surface area contributed by atoms with Crippen molar-refractivity contribution in [2.75, 3.05) is 13.1 Å². The van der Waals surface area contributed by atoms with E-state index in [0.29, 0.717) is 0 Å². The normalized spacial score (nSPS) is 24.2. The lowest BCUT2D eigenvalue weighted by atomic mass is 9.73. The predicted molar refractivity (Wildman–Crippen MR) is 76.3 cm³/mol. The van der Waals surface area contributed by atoms with Gasteiger partial charge in [0, 0.05) is 17.4 Å². The van der Waals surface area contributed by atoms with E-state index in [1.807, 2.05) is 12.1 Å². The van der Waals surface area contributed by atoms with E-state index in [9.17, 15) is 4.79 Å². The molecule has 0 saturated carbocycles. The van der Waals surface area contributed by atoms with Crippen LogP contribution >= 0.6 is 11.6 Å². The fraction of sp³-hybridized carbons (Fsp3) is 0.533. The van der Waals surface area contributed by atoms with Crippen LogP contribution in [0.4, 0.5) is 0 Å². The minimum Gasteiger partial charge on any atom is -0.349 e. The third-order valence-corrected chi connectivity index (χ3v) is 4.76. The van der Waals surface area contributed by atoms with Crippen molar-refractivity contribution < 1.29 is 4.79 Å². The smallest absolute Gasteiger partial charge is 0.217 e. The molecule has 0 radical (unpaired) electrons. The summed E-state index contributed by atoms with van der Waals surface area (Å²) in [5.74, 6) is 0.0377. The third-order valence-electron chi connectivity index (χ3n) is 4.52. The highest BCUT2D eigenvalue weighted by molar-refractivity contribution is 6.30. The van der Waals surface area contributed by atoms with Gasteiger partial charge in [0.1, 0.15) is 0 Å². The van der Waals surface area contributed by atoms with Crippen LogP contribution < -0.4 is 10.6 Å². The van der Waals surface area contributed by atoms with Crippen LogP contribution in [0.3, 0.4) is 0 Å². The molecule has 1 aromatic rings. The van der Waals surface area contributed by atoms with Gasteiger partial charge in [0.15, 0.2) is 0 Å². The molecule has 1 saturated heterocycles. The van der Waals surface area contributed by atoms with Gasteiger partial charge in [-0.15, -0.1) is 0 Å². The maximum absolute atomic E-state index is 11.6. The van der Waals surface area contributed by atoms with E-state index in [1.54, 1.807) is 6.92 Å². The Hall–Kier alpha value is -1.06. The van der Waals surface area contributed by atoms with Crippen molar-refractivity contribution in [2.24, 2.45) is 5.41 Å². The lowest BCUT2D eigenvalue weighted by molar-refractivity contribution is -0.120. The summed E-state index contributed by atoms with van der Waals surface area (Å²) in [5.41, 5.74) is 2.72. The Bertz CT molecular complexity index is 509. The first-order valence-electron chi connectivity index (χ1n) is 6.87. The number of halogens is 1. The molecule has 3 nitrogen and oxygen atoms in total. The largest absolute Gasteiger partial charge is 0.349 e. The zero-order chi connectivity index (χ0) is 13.5. The van der Waals surface area contributed by atoms with Crippen LogP contribution in [-0.2, 0) is 11.2 Å². The van der Waals surface area contributed by atoms with Crippen molar-refractivity contribution in [2.45, 2.75) is 32.2 Å². The Morgan fingerprint density at radius 2 is 2.16 bits per heavy atom. The first-order chi connectivity index (χ1) is 9.11. The van der Waals surface area contributed by atoms with Crippen molar-refractivity contribution in [3.8, 4) is 0 Å². The van der Waals surface area contributed by atoms with E-state index >= 15 is 0 Å². The van der Waals surface area contributed by atoms with Crippen molar-refractivity contribution in [1.82, 2.24) is 10.6 Å². The van der Waals surface area contributed by atoms with E-state index in [-0.39, 0.29) is 17.4 Å². The summed E-state index contributed by atoms with van der Waals surface area (Å²) < 4.78 is 0. The van der Waals surface area contributed by atoms with E-state index in [1.165, 1.54) is 11.1 Å². The molecule has 1 atom stereocenters. The summed E-state index contributed by atoms with van der Waals surface area (Å²) >= 11 is 6.13. The summed E-state index contributed by atoms with van der Waals surface area (Å²) in [6.07, 6.45) is 3.25. The lowest BCUT2D eigenvalue weighted by Crippen LogP contribution is -2.44. The molecule has 1 aliphatic carbocycles.